The summed E-state index contributed by atoms with van der Waals surface area (Å²) in [5.41, 5.74) is 3.90. The Kier molecular flexibility index (Phi) is 10.3. The van der Waals surface area contributed by atoms with Crippen molar-refractivity contribution in [3.8, 4) is 11.1 Å². The summed E-state index contributed by atoms with van der Waals surface area (Å²) < 4.78 is 10.7. The van der Waals surface area contributed by atoms with Crippen molar-refractivity contribution in [2.24, 2.45) is 0 Å². The van der Waals surface area contributed by atoms with E-state index in [0.717, 1.165) is 22.3 Å². The fourth-order valence-corrected chi connectivity index (χ4v) is 4.07. The second-order valence-electron chi connectivity index (χ2n) is 8.36. The highest BCUT2D eigenvalue weighted by Gasteiger charge is 2.32. The number of amides is 3. The molecule has 9 nitrogen and oxygen atoms in total. The van der Waals surface area contributed by atoms with Crippen molar-refractivity contribution in [1.82, 2.24) is 21.3 Å². The minimum absolute atomic E-state index is 0.142. The molecule has 1 atom stereocenters. The first-order valence-corrected chi connectivity index (χ1v) is 12.1. The number of likely N-dealkylation sites (N-methyl/N-ethyl adjacent to an activating group) is 1. The number of alkyl carbamates (subject to hydrolysis) is 2. The van der Waals surface area contributed by atoms with Crippen molar-refractivity contribution < 1.29 is 23.9 Å². The summed E-state index contributed by atoms with van der Waals surface area (Å²) in [7, 11) is 1.80. The number of benzene rings is 2. The number of hydrogen-bond acceptors (Lipinski definition) is 6. The summed E-state index contributed by atoms with van der Waals surface area (Å²) in [5, 5.41) is 11.2. The first-order valence-electron chi connectivity index (χ1n) is 12.1. The van der Waals surface area contributed by atoms with Gasteiger partial charge in [0.25, 0.3) is 0 Å². The van der Waals surface area contributed by atoms with E-state index < -0.39 is 24.3 Å². The van der Waals surface area contributed by atoms with Crippen LogP contribution in [0, 0.1) is 0 Å². The van der Waals surface area contributed by atoms with Crippen LogP contribution in [0.15, 0.2) is 61.2 Å². The lowest BCUT2D eigenvalue weighted by Gasteiger charge is -2.21. The van der Waals surface area contributed by atoms with Crippen molar-refractivity contribution in [2.75, 3.05) is 33.3 Å². The van der Waals surface area contributed by atoms with Crippen LogP contribution < -0.4 is 21.3 Å². The highest BCUT2D eigenvalue weighted by Crippen LogP contribution is 2.44. The molecule has 2 aromatic rings. The lowest BCUT2D eigenvalue weighted by Crippen LogP contribution is -2.48. The number of carbonyl (C=O) groups excluding carboxylic acids is 3. The minimum atomic E-state index is -0.769. The molecule has 0 bridgehead atoms. The van der Waals surface area contributed by atoms with Crippen LogP contribution in [0.4, 0.5) is 9.59 Å². The maximum atomic E-state index is 12.9. The Labute approximate surface area is 211 Å². The van der Waals surface area contributed by atoms with E-state index >= 15 is 0 Å². The normalized spacial score (nSPS) is 12.6. The molecule has 2 aromatic carbocycles. The Bertz CT molecular complexity index is 1010. The van der Waals surface area contributed by atoms with Crippen LogP contribution in [-0.4, -0.2) is 57.4 Å². The zero-order valence-electron chi connectivity index (χ0n) is 20.5. The third-order valence-corrected chi connectivity index (χ3v) is 5.81. The Morgan fingerprint density at radius 3 is 2.22 bits per heavy atom. The van der Waals surface area contributed by atoms with Gasteiger partial charge in [-0.2, -0.15) is 0 Å². The Morgan fingerprint density at radius 2 is 1.58 bits per heavy atom. The molecule has 0 heterocycles. The number of hydrogen-bond donors (Lipinski definition) is 4. The maximum Gasteiger partial charge on any atom is 0.408 e. The highest BCUT2D eigenvalue weighted by molar-refractivity contribution is 5.86. The van der Waals surface area contributed by atoms with Gasteiger partial charge in [-0.05, 0) is 37.4 Å². The molecule has 192 valence electrons. The smallest absolute Gasteiger partial charge is 0.408 e. The summed E-state index contributed by atoms with van der Waals surface area (Å²) >= 11 is 0. The van der Waals surface area contributed by atoms with Crippen molar-refractivity contribution in [2.45, 2.75) is 31.4 Å². The van der Waals surface area contributed by atoms with Crippen molar-refractivity contribution in [3.05, 3.63) is 72.3 Å². The second kappa shape index (κ2) is 13.9. The van der Waals surface area contributed by atoms with Crippen LogP contribution in [0.1, 0.15) is 36.5 Å². The molecule has 1 aliphatic rings. The molecule has 3 rings (SSSR count). The van der Waals surface area contributed by atoms with E-state index in [1.165, 1.54) is 6.08 Å². The highest BCUT2D eigenvalue weighted by atomic mass is 16.6. The van der Waals surface area contributed by atoms with Crippen LogP contribution in [-0.2, 0) is 14.3 Å². The largest absolute Gasteiger partial charge is 0.445 e. The van der Waals surface area contributed by atoms with Crippen LogP contribution >= 0.6 is 0 Å². The van der Waals surface area contributed by atoms with Crippen LogP contribution in [0.5, 0.6) is 0 Å². The van der Waals surface area contributed by atoms with E-state index in [1.807, 2.05) is 48.5 Å². The van der Waals surface area contributed by atoms with E-state index in [9.17, 15) is 14.4 Å². The SMILES string of the molecule is C=CCOC(=O)NCCCC[C@H](NC(=O)OC1c2ccccc2-c2ccccc21)C(=O)NCCNC. The van der Waals surface area contributed by atoms with Gasteiger partial charge in [0.1, 0.15) is 12.6 Å². The predicted octanol–water partition coefficient (Wildman–Crippen LogP) is 3.27. The molecule has 0 saturated carbocycles. The van der Waals surface area contributed by atoms with E-state index in [1.54, 1.807) is 7.05 Å². The first-order chi connectivity index (χ1) is 17.5. The van der Waals surface area contributed by atoms with Gasteiger partial charge < -0.3 is 30.7 Å². The van der Waals surface area contributed by atoms with Gasteiger partial charge >= 0.3 is 12.2 Å². The van der Waals surface area contributed by atoms with Crippen LogP contribution in [0.3, 0.4) is 0 Å². The first kappa shape index (κ1) is 26.7. The Morgan fingerprint density at radius 1 is 0.917 bits per heavy atom. The van der Waals surface area contributed by atoms with E-state index in [4.69, 9.17) is 9.47 Å². The average Bonchev–Trinajstić information content (AvgIpc) is 3.20. The fourth-order valence-electron chi connectivity index (χ4n) is 4.07. The molecule has 0 aromatic heterocycles. The third kappa shape index (κ3) is 7.32. The van der Waals surface area contributed by atoms with E-state index in [2.05, 4.69) is 27.8 Å². The number of nitrogens with one attached hydrogen (secondary N) is 4. The van der Waals surface area contributed by atoms with Gasteiger partial charge in [0, 0.05) is 30.8 Å². The number of unbranched alkanes of at least 4 members (excludes halogenated alkanes) is 1. The molecule has 36 heavy (non-hydrogen) atoms. The lowest BCUT2D eigenvalue weighted by molar-refractivity contribution is -0.123. The van der Waals surface area contributed by atoms with E-state index in [-0.39, 0.29) is 12.5 Å². The molecule has 0 aliphatic heterocycles. The molecule has 4 N–H and O–H groups in total. The zero-order chi connectivity index (χ0) is 25.8. The van der Waals surface area contributed by atoms with Gasteiger partial charge in [-0.25, -0.2) is 9.59 Å². The number of ether oxygens (including phenoxy) is 2. The molecule has 0 fully saturated rings. The van der Waals surface area contributed by atoms with Crippen LogP contribution in [0.2, 0.25) is 0 Å². The zero-order valence-corrected chi connectivity index (χ0v) is 20.5. The molecular formula is C27H34N4O5. The van der Waals surface area contributed by atoms with E-state index in [0.29, 0.717) is 38.9 Å². The lowest BCUT2D eigenvalue weighted by atomic mass is 10.1. The molecule has 0 spiro atoms. The topological polar surface area (TPSA) is 118 Å². The molecule has 9 heteroatoms. The molecule has 3 amide bonds. The van der Waals surface area contributed by atoms with Crippen LogP contribution in [0.25, 0.3) is 11.1 Å². The monoisotopic (exact) mass is 494 g/mol. The summed E-state index contributed by atoms with van der Waals surface area (Å²) in [5.74, 6) is -0.284. The fraction of sp³-hybridized carbons (Fsp3) is 0.370. The number of carbonyl (C=O) groups is 3. The predicted molar refractivity (Wildman–Crippen MR) is 137 cm³/mol. The summed E-state index contributed by atoms with van der Waals surface area (Å²) in [6.45, 7) is 5.07. The molecular weight excluding hydrogens is 460 g/mol. The number of fused-ring (bicyclic) bond motifs is 3. The molecule has 0 saturated heterocycles. The average molecular weight is 495 g/mol. The van der Waals surface area contributed by atoms with Gasteiger partial charge in [-0.3, -0.25) is 4.79 Å². The van der Waals surface area contributed by atoms with Crippen molar-refractivity contribution in [1.29, 1.82) is 0 Å². The van der Waals surface area contributed by atoms with Gasteiger partial charge in [0.15, 0.2) is 6.10 Å². The minimum Gasteiger partial charge on any atom is -0.445 e. The Balaban J connectivity index is 1.58. The summed E-state index contributed by atoms with van der Waals surface area (Å²) in [6.07, 6.45) is 1.37. The number of rotatable bonds is 13. The van der Waals surface area contributed by atoms with Gasteiger partial charge in [0.05, 0.1) is 0 Å². The summed E-state index contributed by atoms with van der Waals surface area (Å²) in [6, 6.07) is 14.9. The molecule has 1 aliphatic carbocycles. The van der Waals surface area contributed by atoms with Gasteiger partial charge in [0.2, 0.25) is 5.91 Å². The third-order valence-electron chi connectivity index (χ3n) is 5.81. The van der Waals surface area contributed by atoms with Gasteiger partial charge in [-0.15, -0.1) is 0 Å². The van der Waals surface area contributed by atoms with Crippen molar-refractivity contribution >= 4 is 18.1 Å². The van der Waals surface area contributed by atoms with Crippen molar-refractivity contribution in [3.63, 3.8) is 0 Å². The molecule has 0 radical (unpaired) electrons. The standard InChI is InChI=1S/C27H34N4O5/c1-3-18-35-26(33)30-15-9-8-14-23(25(32)29-17-16-28-2)31-27(34)36-24-21-12-6-4-10-19(21)20-11-5-7-13-22(20)24/h3-7,10-13,23-24,28H,1,8-9,14-18H2,2H3,(H,29,32)(H,30,33)(H,31,34)/t23-/m0/s1. The summed E-state index contributed by atoms with van der Waals surface area (Å²) in [4.78, 5) is 37.2. The quantitative estimate of drug-likeness (QED) is 0.251. The van der Waals surface area contributed by atoms with Gasteiger partial charge in [-0.1, -0.05) is 61.2 Å². The Hall–Kier alpha value is -3.85. The molecule has 0 unspecified atom stereocenters. The second-order valence-corrected chi connectivity index (χ2v) is 8.36. The maximum absolute atomic E-state index is 12.9.